The molecule has 0 N–H and O–H groups in total. The van der Waals surface area contributed by atoms with Crippen LogP contribution in [0.1, 0.15) is 38.5 Å². The van der Waals surface area contributed by atoms with Crippen molar-refractivity contribution in [3.05, 3.63) is 0 Å². The Hall–Kier alpha value is -0.660. The molecule has 14 heavy (non-hydrogen) atoms. The van der Waals surface area contributed by atoms with Gasteiger partial charge in [-0.05, 0) is 50.4 Å². The molecule has 0 aromatic rings. The number of rotatable bonds is 2. The topological polar surface area (TPSA) is 34.1 Å². The highest BCUT2D eigenvalue weighted by atomic mass is 16.1. The molecule has 2 aliphatic rings. The highest BCUT2D eigenvalue weighted by molar-refractivity contribution is 5.54. The van der Waals surface area contributed by atoms with Crippen molar-refractivity contribution in [2.24, 2.45) is 23.7 Å². The maximum Gasteiger partial charge on any atom is 0.123 e. The third-order valence-electron chi connectivity index (χ3n) is 4.08. The van der Waals surface area contributed by atoms with Crippen molar-refractivity contribution in [3.63, 3.8) is 0 Å². The van der Waals surface area contributed by atoms with E-state index in [1.165, 1.54) is 12.8 Å². The number of carbonyl (C=O) groups is 2. The van der Waals surface area contributed by atoms with E-state index in [2.05, 4.69) is 0 Å². The lowest BCUT2D eigenvalue weighted by Crippen LogP contribution is -2.31. The van der Waals surface area contributed by atoms with Gasteiger partial charge in [0.25, 0.3) is 0 Å². The standard InChI is InChI=1S/C12H18O2/c13-7-9-1-3-11-6-10(8-14)2-4-12(11)5-9/h7-12H,1-6H2. The molecule has 0 aliphatic heterocycles. The first kappa shape index (κ1) is 9.88. The Labute approximate surface area is 85.1 Å². The fourth-order valence-electron chi connectivity index (χ4n) is 3.21. The summed E-state index contributed by atoms with van der Waals surface area (Å²) >= 11 is 0. The van der Waals surface area contributed by atoms with Gasteiger partial charge in [0.15, 0.2) is 0 Å². The summed E-state index contributed by atoms with van der Waals surface area (Å²) in [5.41, 5.74) is 0. The first-order chi connectivity index (χ1) is 6.83. The molecule has 2 saturated carbocycles. The van der Waals surface area contributed by atoms with Gasteiger partial charge in [-0.2, -0.15) is 0 Å². The van der Waals surface area contributed by atoms with Gasteiger partial charge in [0.2, 0.25) is 0 Å². The van der Waals surface area contributed by atoms with Gasteiger partial charge < -0.3 is 9.59 Å². The van der Waals surface area contributed by atoms with Crippen molar-refractivity contribution < 1.29 is 9.59 Å². The molecule has 0 spiro atoms. The lowest BCUT2D eigenvalue weighted by atomic mass is 9.65. The third-order valence-corrected chi connectivity index (χ3v) is 4.08. The van der Waals surface area contributed by atoms with E-state index in [1.54, 1.807) is 0 Å². The zero-order valence-electron chi connectivity index (χ0n) is 8.52. The molecule has 0 amide bonds. The summed E-state index contributed by atoms with van der Waals surface area (Å²) in [5.74, 6) is 2.08. The molecule has 0 saturated heterocycles. The Kier molecular flexibility index (Phi) is 2.99. The molecule has 2 fully saturated rings. The van der Waals surface area contributed by atoms with Crippen LogP contribution in [0, 0.1) is 23.7 Å². The molecular formula is C12H18O2. The second kappa shape index (κ2) is 4.24. The molecule has 4 atom stereocenters. The molecule has 2 heteroatoms. The van der Waals surface area contributed by atoms with Crippen molar-refractivity contribution >= 4 is 12.6 Å². The number of fused-ring (bicyclic) bond motifs is 1. The molecule has 0 aromatic carbocycles. The molecule has 0 aromatic heterocycles. The summed E-state index contributed by atoms with van der Waals surface area (Å²) in [5, 5.41) is 0. The van der Waals surface area contributed by atoms with Gasteiger partial charge in [-0.15, -0.1) is 0 Å². The predicted molar refractivity (Wildman–Crippen MR) is 53.8 cm³/mol. The highest BCUT2D eigenvalue weighted by Gasteiger charge is 2.35. The molecule has 4 unspecified atom stereocenters. The Morgan fingerprint density at radius 3 is 1.50 bits per heavy atom. The zero-order chi connectivity index (χ0) is 9.97. The average Bonchev–Trinajstić information content (AvgIpc) is 2.27. The normalized spacial score (nSPS) is 42.6. The second-order valence-corrected chi connectivity index (χ2v) is 4.94. The van der Waals surface area contributed by atoms with Crippen LogP contribution in [0.5, 0.6) is 0 Å². The van der Waals surface area contributed by atoms with Crippen molar-refractivity contribution in [3.8, 4) is 0 Å². The fraction of sp³-hybridized carbons (Fsp3) is 0.833. The molecule has 0 radical (unpaired) electrons. The lowest BCUT2D eigenvalue weighted by Gasteiger charge is -2.39. The van der Waals surface area contributed by atoms with Crippen LogP contribution in [-0.4, -0.2) is 12.6 Å². The van der Waals surface area contributed by atoms with Gasteiger partial charge in [0, 0.05) is 11.8 Å². The average molecular weight is 194 g/mol. The van der Waals surface area contributed by atoms with Crippen LogP contribution in [0.4, 0.5) is 0 Å². The largest absolute Gasteiger partial charge is 0.303 e. The SMILES string of the molecule is O=CC1CCC2CC(C=O)CCC2C1. The Morgan fingerprint density at radius 1 is 0.714 bits per heavy atom. The van der Waals surface area contributed by atoms with Crippen molar-refractivity contribution in [1.82, 2.24) is 0 Å². The molecule has 78 valence electrons. The van der Waals surface area contributed by atoms with Crippen LogP contribution >= 0.6 is 0 Å². The van der Waals surface area contributed by atoms with E-state index in [1.807, 2.05) is 0 Å². The van der Waals surface area contributed by atoms with E-state index in [0.717, 1.165) is 50.1 Å². The number of hydrogen-bond acceptors (Lipinski definition) is 2. The Bertz CT molecular complexity index is 200. The zero-order valence-corrected chi connectivity index (χ0v) is 8.52. The Balaban J connectivity index is 1.94. The number of hydrogen-bond donors (Lipinski definition) is 0. The quantitative estimate of drug-likeness (QED) is 0.632. The van der Waals surface area contributed by atoms with E-state index >= 15 is 0 Å². The minimum Gasteiger partial charge on any atom is -0.303 e. The summed E-state index contributed by atoms with van der Waals surface area (Å²) in [4.78, 5) is 21.4. The molecule has 0 bridgehead atoms. The van der Waals surface area contributed by atoms with Gasteiger partial charge in [-0.1, -0.05) is 0 Å². The maximum atomic E-state index is 10.7. The van der Waals surface area contributed by atoms with Crippen LogP contribution < -0.4 is 0 Å². The van der Waals surface area contributed by atoms with E-state index in [-0.39, 0.29) is 0 Å². The monoisotopic (exact) mass is 194 g/mol. The molecule has 2 rings (SSSR count). The van der Waals surface area contributed by atoms with Gasteiger partial charge in [-0.25, -0.2) is 0 Å². The first-order valence-corrected chi connectivity index (χ1v) is 5.74. The van der Waals surface area contributed by atoms with Crippen molar-refractivity contribution in [1.29, 1.82) is 0 Å². The molecule has 0 heterocycles. The Morgan fingerprint density at radius 2 is 1.14 bits per heavy atom. The van der Waals surface area contributed by atoms with E-state index in [9.17, 15) is 9.59 Å². The smallest absolute Gasteiger partial charge is 0.123 e. The van der Waals surface area contributed by atoms with Crippen LogP contribution in [0.3, 0.4) is 0 Å². The van der Waals surface area contributed by atoms with Crippen molar-refractivity contribution in [2.45, 2.75) is 38.5 Å². The number of aldehydes is 2. The molecular weight excluding hydrogens is 176 g/mol. The van der Waals surface area contributed by atoms with E-state index in [4.69, 9.17) is 0 Å². The van der Waals surface area contributed by atoms with Gasteiger partial charge in [0.05, 0.1) is 0 Å². The molecule has 2 aliphatic carbocycles. The fourth-order valence-corrected chi connectivity index (χ4v) is 3.21. The van der Waals surface area contributed by atoms with Crippen LogP contribution in [0.25, 0.3) is 0 Å². The third kappa shape index (κ3) is 1.89. The van der Waals surface area contributed by atoms with Gasteiger partial charge in [-0.3, -0.25) is 0 Å². The first-order valence-electron chi connectivity index (χ1n) is 5.74. The van der Waals surface area contributed by atoms with E-state index < -0.39 is 0 Å². The minimum atomic E-state index is 0.309. The summed E-state index contributed by atoms with van der Waals surface area (Å²) < 4.78 is 0. The van der Waals surface area contributed by atoms with Crippen LogP contribution in [-0.2, 0) is 9.59 Å². The summed E-state index contributed by atoms with van der Waals surface area (Å²) in [6.07, 6.45) is 8.85. The predicted octanol–water partition coefficient (Wildman–Crippen LogP) is 2.22. The highest BCUT2D eigenvalue weighted by Crippen LogP contribution is 2.43. The van der Waals surface area contributed by atoms with E-state index in [0.29, 0.717) is 11.8 Å². The van der Waals surface area contributed by atoms with Gasteiger partial charge in [0.1, 0.15) is 12.6 Å². The van der Waals surface area contributed by atoms with Crippen LogP contribution in [0.2, 0.25) is 0 Å². The number of carbonyl (C=O) groups excluding carboxylic acids is 2. The summed E-state index contributed by atoms with van der Waals surface area (Å²) in [6.45, 7) is 0. The maximum absolute atomic E-state index is 10.7. The van der Waals surface area contributed by atoms with Crippen molar-refractivity contribution in [2.75, 3.05) is 0 Å². The second-order valence-electron chi connectivity index (χ2n) is 4.94. The summed E-state index contributed by atoms with van der Waals surface area (Å²) in [6, 6.07) is 0. The van der Waals surface area contributed by atoms with Gasteiger partial charge >= 0.3 is 0 Å². The van der Waals surface area contributed by atoms with Crippen LogP contribution in [0.15, 0.2) is 0 Å². The summed E-state index contributed by atoms with van der Waals surface area (Å²) in [7, 11) is 0. The minimum absolute atomic E-state index is 0.309. The lowest BCUT2D eigenvalue weighted by molar-refractivity contribution is -0.116. The molecule has 2 nitrogen and oxygen atoms in total.